The first-order valence-corrected chi connectivity index (χ1v) is 11.5. The molecule has 0 saturated carbocycles. The Balaban J connectivity index is 1.47. The minimum absolute atomic E-state index is 0.0668. The summed E-state index contributed by atoms with van der Waals surface area (Å²) in [5.41, 5.74) is 4.24. The van der Waals surface area contributed by atoms with Crippen molar-refractivity contribution in [2.45, 2.75) is 25.7 Å². The van der Waals surface area contributed by atoms with Crippen LogP contribution < -0.4 is 10.0 Å². The number of nitriles is 1. The molecule has 0 bridgehead atoms. The second-order valence-corrected chi connectivity index (χ2v) is 9.05. The molecule has 4 aromatic rings. The number of sulfonamides is 1. The highest BCUT2D eigenvalue weighted by Gasteiger charge is 2.18. The van der Waals surface area contributed by atoms with Gasteiger partial charge >= 0.3 is 0 Å². The zero-order valence-electron chi connectivity index (χ0n) is 18.2. The Hall–Kier alpha value is -4.23. The molecule has 0 atom stereocenters. The molecule has 166 valence electrons. The van der Waals surface area contributed by atoms with Crippen LogP contribution in [0.2, 0.25) is 0 Å². The lowest BCUT2D eigenvalue weighted by atomic mass is 10.2. The molecule has 0 aliphatic carbocycles. The maximum atomic E-state index is 12.6. The van der Waals surface area contributed by atoms with Gasteiger partial charge < -0.3 is 5.32 Å². The van der Waals surface area contributed by atoms with Gasteiger partial charge in [-0.25, -0.2) is 13.1 Å². The molecular formula is C23H21N7O2S. The SMILES string of the molecule is Cc1nn(-c2ccc(Nc3ccc(NS(=O)(=O)c4ccccc4C#N)cc3)nn2)c(C)c1C. The fourth-order valence-electron chi connectivity index (χ4n) is 3.22. The molecule has 2 aromatic heterocycles. The number of rotatable bonds is 6. The monoisotopic (exact) mass is 459 g/mol. The molecule has 0 spiro atoms. The zero-order valence-corrected chi connectivity index (χ0v) is 19.1. The quantitative estimate of drug-likeness (QED) is 0.446. The van der Waals surface area contributed by atoms with E-state index >= 15 is 0 Å². The second-order valence-electron chi connectivity index (χ2n) is 7.40. The number of nitrogens with zero attached hydrogens (tertiary/aromatic N) is 5. The molecule has 0 aliphatic rings. The van der Waals surface area contributed by atoms with Crippen LogP contribution in [0.1, 0.15) is 22.5 Å². The number of anilines is 3. The molecule has 2 aromatic carbocycles. The zero-order chi connectivity index (χ0) is 23.6. The van der Waals surface area contributed by atoms with Crippen LogP contribution in [0.5, 0.6) is 0 Å². The third-order valence-electron chi connectivity index (χ3n) is 5.23. The number of benzene rings is 2. The number of hydrogen-bond acceptors (Lipinski definition) is 7. The molecule has 33 heavy (non-hydrogen) atoms. The van der Waals surface area contributed by atoms with Crippen LogP contribution in [0.15, 0.2) is 65.6 Å². The van der Waals surface area contributed by atoms with Crippen LogP contribution in [0.4, 0.5) is 17.2 Å². The lowest BCUT2D eigenvalue weighted by molar-refractivity contribution is 0.601. The summed E-state index contributed by atoms with van der Waals surface area (Å²) >= 11 is 0. The van der Waals surface area contributed by atoms with Crippen LogP contribution in [-0.4, -0.2) is 28.4 Å². The van der Waals surface area contributed by atoms with Gasteiger partial charge in [0.1, 0.15) is 11.0 Å². The van der Waals surface area contributed by atoms with Gasteiger partial charge in [-0.1, -0.05) is 12.1 Å². The van der Waals surface area contributed by atoms with Crippen molar-refractivity contribution in [3.8, 4) is 11.9 Å². The van der Waals surface area contributed by atoms with E-state index in [0.29, 0.717) is 23.0 Å². The van der Waals surface area contributed by atoms with Gasteiger partial charge in [0.05, 0.1) is 11.3 Å². The number of aromatic nitrogens is 4. The lowest BCUT2D eigenvalue weighted by Gasteiger charge is -2.11. The summed E-state index contributed by atoms with van der Waals surface area (Å²) in [5, 5.41) is 25.2. The first-order chi connectivity index (χ1) is 15.8. The van der Waals surface area contributed by atoms with Crippen molar-refractivity contribution in [1.29, 1.82) is 5.26 Å². The van der Waals surface area contributed by atoms with E-state index in [1.165, 1.54) is 12.1 Å². The smallest absolute Gasteiger partial charge is 0.263 e. The third kappa shape index (κ3) is 4.53. The van der Waals surface area contributed by atoms with Crippen LogP contribution >= 0.6 is 0 Å². The Morgan fingerprint density at radius 2 is 1.61 bits per heavy atom. The molecule has 2 heterocycles. The van der Waals surface area contributed by atoms with E-state index in [9.17, 15) is 8.42 Å². The van der Waals surface area contributed by atoms with Crippen molar-refractivity contribution in [3.63, 3.8) is 0 Å². The summed E-state index contributed by atoms with van der Waals surface area (Å²) in [6.45, 7) is 5.95. The first-order valence-electron chi connectivity index (χ1n) is 10.0. The summed E-state index contributed by atoms with van der Waals surface area (Å²) in [5.74, 6) is 1.16. The van der Waals surface area contributed by atoms with Crippen molar-refractivity contribution in [1.82, 2.24) is 20.0 Å². The number of nitrogens with one attached hydrogen (secondary N) is 2. The molecule has 0 aliphatic heterocycles. The largest absolute Gasteiger partial charge is 0.339 e. The van der Waals surface area contributed by atoms with Crippen molar-refractivity contribution in [2.24, 2.45) is 0 Å². The van der Waals surface area contributed by atoms with Crippen LogP contribution in [0.3, 0.4) is 0 Å². The van der Waals surface area contributed by atoms with Gasteiger partial charge in [-0.15, -0.1) is 10.2 Å². The number of aryl methyl sites for hydroxylation is 1. The average Bonchev–Trinajstić information content (AvgIpc) is 3.08. The normalized spacial score (nSPS) is 11.1. The standard InChI is InChI=1S/C23H21N7O2S/c1-15-16(2)28-30(17(15)3)23-13-12-22(26-27-23)25-19-8-10-20(11-9-19)29-33(31,32)21-7-5-4-6-18(21)14-24/h4-13,29H,1-3H3,(H,25,26). The minimum atomic E-state index is -3.89. The van der Waals surface area contributed by atoms with Gasteiger partial charge in [0.2, 0.25) is 0 Å². The predicted molar refractivity (Wildman–Crippen MR) is 125 cm³/mol. The summed E-state index contributed by atoms with van der Waals surface area (Å²) in [7, 11) is -3.89. The molecule has 4 rings (SSSR count). The topological polar surface area (TPSA) is 126 Å². The van der Waals surface area contributed by atoms with E-state index in [1.54, 1.807) is 47.1 Å². The molecule has 0 unspecified atom stereocenters. The van der Waals surface area contributed by atoms with Crippen LogP contribution in [0, 0.1) is 32.1 Å². The minimum Gasteiger partial charge on any atom is -0.339 e. The molecule has 2 N–H and O–H groups in total. The van der Waals surface area contributed by atoms with Crippen LogP contribution in [0.25, 0.3) is 5.82 Å². The molecule has 0 saturated heterocycles. The Morgan fingerprint density at radius 3 is 2.21 bits per heavy atom. The van der Waals surface area contributed by atoms with Crippen molar-refractivity contribution >= 4 is 27.2 Å². The second kappa shape index (κ2) is 8.72. The highest BCUT2D eigenvalue weighted by Crippen LogP contribution is 2.22. The van der Waals surface area contributed by atoms with E-state index in [2.05, 4.69) is 25.3 Å². The van der Waals surface area contributed by atoms with E-state index in [4.69, 9.17) is 5.26 Å². The van der Waals surface area contributed by atoms with Gasteiger partial charge in [-0.2, -0.15) is 10.4 Å². The highest BCUT2D eigenvalue weighted by atomic mass is 32.2. The van der Waals surface area contributed by atoms with Gasteiger partial charge in [-0.05, 0) is 74.9 Å². The van der Waals surface area contributed by atoms with E-state index in [-0.39, 0.29) is 10.5 Å². The predicted octanol–water partition coefficient (Wildman–Crippen LogP) is 4.00. The molecule has 9 nitrogen and oxygen atoms in total. The molecular weight excluding hydrogens is 438 g/mol. The Bertz CT molecular complexity index is 1450. The molecule has 0 radical (unpaired) electrons. The summed E-state index contributed by atoms with van der Waals surface area (Å²) in [6, 6.07) is 18.2. The van der Waals surface area contributed by atoms with Crippen LogP contribution in [-0.2, 0) is 10.0 Å². The van der Waals surface area contributed by atoms with Crippen molar-refractivity contribution < 1.29 is 8.42 Å². The van der Waals surface area contributed by atoms with Gasteiger partial charge in [0.25, 0.3) is 10.0 Å². The average molecular weight is 460 g/mol. The van der Waals surface area contributed by atoms with E-state index in [1.807, 2.05) is 32.9 Å². The van der Waals surface area contributed by atoms with Gasteiger partial charge in [0.15, 0.2) is 11.6 Å². The Morgan fingerprint density at radius 1 is 0.909 bits per heavy atom. The van der Waals surface area contributed by atoms with Crippen molar-refractivity contribution in [2.75, 3.05) is 10.0 Å². The fourth-order valence-corrected chi connectivity index (χ4v) is 4.44. The third-order valence-corrected chi connectivity index (χ3v) is 6.67. The Labute approximate surface area is 191 Å². The Kier molecular flexibility index (Phi) is 5.81. The number of hydrogen-bond donors (Lipinski definition) is 2. The van der Waals surface area contributed by atoms with Gasteiger partial charge in [0, 0.05) is 17.1 Å². The molecule has 10 heteroatoms. The maximum Gasteiger partial charge on any atom is 0.263 e. The lowest BCUT2D eigenvalue weighted by Crippen LogP contribution is -2.14. The molecule has 0 fully saturated rings. The van der Waals surface area contributed by atoms with E-state index < -0.39 is 10.0 Å². The van der Waals surface area contributed by atoms with Gasteiger partial charge in [-0.3, -0.25) is 4.72 Å². The van der Waals surface area contributed by atoms with E-state index in [0.717, 1.165) is 17.0 Å². The summed E-state index contributed by atoms with van der Waals surface area (Å²) in [4.78, 5) is -0.0668. The summed E-state index contributed by atoms with van der Waals surface area (Å²) < 4.78 is 29.5. The van der Waals surface area contributed by atoms with Crippen molar-refractivity contribution in [3.05, 3.63) is 83.2 Å². The maximum absolute atomic E-state index is 12.6. The fraction of sp³-hybridized carbons (Fsp3) is 0.130. The summed E-state index contributed by atoms with van der Waals surface area (Å²) in [6.07, 6.45) is 0. The highest BCUT2D eigenvalue weighted by molar-refractivity contribution is 7.92. The first kappa shape index (κ1) is 22.0. The molecule has 0 amide bonds.